The van der Waals surface area contributed by atoms with Crippen molar-refractivity contribution in [3.05, 3.63) is 104 Å². The van der Waals surface area contributed by atoms with Crippen LogP contribution >= 0.6 is 34.8 Å². The average Bonchev–Trinajstić information content (AvgIpc) is 2.85. The maximum Gasteiger partial charge on any atom is 0.243 e. The van der Waals surface area contributed by atoms with E-state index in [2.05, 4.69) is 5.32 Å². The molecule has 36 heavy (non-hydrogen) atoms. The molecule has 0 aliphatic rings. The molecule has 0 saturated heterocycles. The van der Waals surface area contributed by atoms with E-state index < -0.39 is 17.8 Å². The van der Waals surface area contributed by atoms with E-state index in [-0.39, 0.29) is 41.9 Å². The summed E-state index contributed by atoms with van der Waals surface area (Å²) in [6.45, 7) is 3.90. The summed E-state index contributed by atoms with van der Waals surface area (Å²) in [6.07, 6.45) is 0.690. The minimum absolute atomic E-state index is 0.0341. The molecule has 0 bridgehead atoms. The van der Waals surface area contributed by atoms with Crippen LogP contribution in [-0.2, 0) is 29.0 Å². The normalized spacial score (nSPS) is 12.6. The van der Waals surface area contributed by atoms with Crippen molar-refractivity contribution in [2.45, 2.75) is 51.7 Å². The molecule has 0 spiro atoms. The van der Waals surface area contributed by atoms with Gasteiger partial charge in [-0.15, -0.1) is 0 Å². The van der Waals surface area contributed by atoms with Gasteiger partial charge in [-0.1, -0.05) is 84.2 Å². The first-order valence-electron chi connectivity index (χ1n) is 11.7. The summed E-state index contributed by atoms with van der Waals surface area (Å²) in [5, 5.41) is 3.96. The Morgan fingerprint density at radius 3 is 2.33 bits per heavy atom. The van der Waals surface area contributed by atoms with Gasteiger partial charge in [-0.05, 0) is 48.7 Å². The maximum atomic E-state index is 14.6. The zero-order chi connectivity index (χ0) is 26.2. The second-order valence-electron chi connectivity index (χ2n) is 8.66. The van der Waals surface area contributed by atoms with Crippen LogP contribution in [0.1, 0.15) is 37.0 Å². The molecule has 0 saturated carbocycles. The lowest BCUT2D eigenvalue weighted by Gasteiger charge is -2.32. The van der Waals surface area contributed by atoms with E-state index in [1.165, 1.54) is 23.1 Å². The van der Waals surface area contributed by atoms with Crippen LogP contribution in [0.2, 0.25) is 15.1 Å². The fourth-order valence-electron chi connectivity index (χ4n) is 3.78. The van der Waals surface area contributed by atoms with Crippen LogP contribution in [0.5, 0.6) is 0 Å². The average molecular weight is 550 g/mol. The van der Waals surface area contributed by atoms with Gasteiger partial charge < -0.3 is 10.2 Å². The zero-order valence-electron chi connectivity index (χ0n) is 20.1. The maximum absolute atomic E-state index is 14.6. The molecule has 3 aromatic rings. The molecule has 0 aromatic heterocycles. The van der Waals surface area contributed by atoms with E-state index >= 15 is 0 Å². The standard InChI is InChI=1S/C28H28Cl3FN2O2/c1-3-18(2)33-28(36)26(14-19-8-5-4-6-9-19)34(17-20-12-13-21(29)15-24(20)31)27(35)16-22-23(30)10-7-11-25(22)32/h4-13,15,18,26H,3,14,16-17H2,1-2H3,(H,33,36)/t18-,26+/m0/s1. The quantitative estimate of drug-likeness (QED) is 0.300. The van der Waals surface area contributed by atoms with Gasteiger partial charge in [0.2, 0.25) is 11.8 Å². The van der Waals surface area contributed by atoms with E-state index in [1.807, 2.05) is 44.2 Å². The topological polar surface area (TPSA) is 49.4 Å². The predicted octanol–water partition coefficient (Wildman–Crippen LogP) is 6.88. The Bertz CT molecular complexity index is 1190. The molecule has 0 radical (unpaired) electrons. The van der Waals surface area contributed by atoms with Gasteiger partial charge in [0, 0.05) is 39.6 Å². The van der Waals surface area contributed by atoms with Crippen LogP contribution in [0.25, 0.3) is 0 Å². The van der Waals surface area contributed by atoms with Gasteiger partial charge in [-0.2, -0.15) is 0 Å². The number of carbonyl (C=O) groups is 2. The van der Waals surface area contributed by atoms with Crippen LogP contribution in [-0.4, -0.2) is 28.8 Å². The molecule has 0 heterocycles. The predicted molar refractivity (Wildman–Crippen MR) is 144 cm³/mol. The summed E-state index contributed by atoms with van der Waals surface area (Å²) in [5.74, 6) is -1.33. The highest BCUT2D eigenvalue weighted by molar-refractivity contribution is 6.35. The molecule has 3 aromatic carbocycles. The van der Waals surface area contributed by atoms with Gasteiger partial charge >= 0.3 is 0 Å². The molecular formula is C28H28Cl3FN2O2. The number of nitrogens with one attached hydrogen (secondary N) is 1. The third kappa shape index (κ3) is 7.45. The first-order valence-corrected chi connectivity index (χ1v) is 12.8. The monoisotopic (exact) mass is 548 g/mol. The number of hydrogen-bond donors (Lipinski definition) is 1. The van der Waals surface area contributed by atoms with Crippen molar-refractivity contribution in [3.8, 4) is 0 Å². The van der Waals surface area contributed by atoms with Crippen LogP contribution in [0.4, 0.5) is 4.39 Å². The molecule has 8 heteroatoms. The molecule has 0 unspecified atom stereocenters. The lowest BCUT2D eigenvalue weighted by molar-refractivity contribution is -0.141. The van der Waals surface area contributed by atoms with Gasteiger partial charge in [-0.25, -0.2) is 4.39 Å². The van der Waals surface area contributed by atoms with Gasteiger partial charge in [0.05, 0.1) is 6.42 Å². The number of hydrogen-bond acceptors (Lipinski definition) is 2. The molecule has 2 atom stereocenters. The Balaban J connectivity index is 2.04. The third-order valence-corrected chi connectivity index (χ3v) is 6.96. The highest BCUT2D eigenvalue weighted by Gasteiger charge is 2.32. The molecule has 0 fully saturated rings. The van der Waals surface area contributed by atoms with E-state index in [0.717, 1.165) is 12.0 Å². The highest BCUT2D eigenvalue weighted by atomic mass is 35.5. The molecular weight excluding hydrogens is 522 g/mol. The second kappa shape index (κ2) is 13.1. The summed E-state index contributed by atoms with van der Waals surface area (Å²) in [6, 6.07) is 17.7. The molecule has 4 nitrogen and oxygen atoms in total. The van der Waals surface area contributed by atoms with E-state index in [9.17, 15) is 14.0 Å². The van der Waals surface area contributed by atoms with Gasteiger partial charge in [0.1, 0.15) is 11.9 Å². The zero-order valence-corrected chi connectivity index (χ0v) is 22.4. The minimum atomic E-state index is -0.869. The molecule has 190 valence electrons. The summed E-state index contributed by atoms with van der Waals surface area (Å²) < 4.78 is 14.6. The van der Waals surface area contributed by atoms with E-state index in [1.54, 1.807) is 18.2 Å². The smallest absolute Gasteiger partial charge is 0.243 e. The largest absolute Gasteiger partial charge is 0.352 e. The third-order valence-electron chi connectivity index (χ3n) is 6.02. The lowest BCUT2D eigenvalue weighted by Crippen LogP contribution is -2.52. The number of carbonyl (C=O) groups excluding carboxylic acids is 2. The minimum Gasteiger partial charge on any atom is -0.352 e. The van der Waals surface area contributed by atoms with Crippen molar-refractivity contribution in [3.63, 3.8) is 0 Å². The highest BCUT2D eigenvalue weighted by Crippen LogP contribution is 2.26. The fourth-order valence-corrected chi connectivity index (χ4v) is 4.48. The van der Waals surface area contributed by atoms with Crippen molar-refractivity contribution in [2.24, 2.45) is 0 Å². The number of amides is 2. The first kappa shape index (κ1) is 28.0. The van der Waals surface area contributed by atoms with Crippen LogP contribution in [0.3, 0.4) is 0 Å². The Labute approximate surface area is 226 Å². The Kier molecular flexibility index (Phi) is 10.2. The number of nitrogens with zero attached hydrogens (tertiary/aromatic N) is 1. The summed E-state index contributed by atoms with van der Waals surface area (Å²) in [7, 11) is 0. The SMILES string of the molecule is CC[C@H](C)NC(=O)[C@@H](Cc1ccccc1)N(Cc1ccc(Cl)cc1Cl)C(=O)Cc1c(F)cccc1Cl. The Hall–Kier alpha value is -2.60. The van der Waals surface area contributed by atoms with Gasteiger partial charge in [0.25, 0.3) is 0 Å². The van der Waals surface area contributed by atoms with E-state index in [0.29, 0.717) is 15.6 Å². The molecule has 1 N–H and O–H groups in total. The van der Waals surface area contributed by atoms with Crippen molar-refractivity contribution in [2.75, 3.05) is 0 Å². The second-order valence-corrected chi connectivity index (χ2v) is 9.91. The van der Waals surface area contributed by atoms with Crippen LogP contribution in [0, 0.1) is 5.82 Å². The first-order chi connectivity index (χ1) is 17.2. The summed E-state index contributed by atoms with van der Waals surface area (Å²) >= 11 is 18.7. The summed E-state index contributed by atoms with van der Waals surface area (Å²) in [5.41, 5.74) is 1.58. The van der Waals surface area contributed by atoms with Crippen molar-refractivity contribution in [1.82, 2.24) is 10.2 Å². The van der Waals surface area contributed by atoms with Crippen molar-refractivity contribution < 1.29 is 14.0 Å². The van der Waals surface area contributed by atoms with E-state index in [4.69, 9.17) is 34.8 Å². The Morgan fingerprint density at radius 1 is 0.972 bits per heavy atom. The van der Waals surface area contributed by atoms with Crippen molar-refractivity contribution in [1.29, 1.82) is 0 Å². The lowest BCUT2D eigenvalue weighted by atomic mass is 10.0. The Morgan fingerprint density at radius 2 is 1.69 bits per heavy atom. The van der Waals surface area contributed by atoms with Gasteiger partial charge in [-0.3, -0.25) is 9.59 Å². The molecule has 0 aliphatic carbocycles. The number of halogens is 4. The molecule has 2 amide bonds. The molecule has 3 rings (SSSR count). The number of rotatable bonds is 10. The molecule has 0 aliphatic heterocycles. The van der Waals surface area contributed by atoms with Gasteiger partial charge in [0.15, 0.2) is 0 Å². The van der Waals surface area contributed by atoms with Crippen LogP contribution < -0.4 is 5.32 Å². The van der Waals surface area contributed by atoms with Crippen molar-refractivity contribution >= 4 is 46.6 Å². The summed E-state index contributed by atoms with van der Waals surface area (Å²) in [4.78, 5) is 28.7. The number of benzene rings is 3. The fraction of sp³-hybridized carbons (Fsp3) is 0.286. The van der Waals surface area contributed by atoms with Crippen LogP contribution in [0.15, 0.2) is 66.7 Å².